The van der Waals surface area contributed by atoms with Crippen molar-refractivity contribution in [3.8, 4) is 5.75 Å². The van der Waals surface area contributed by atoms with E-state index in [0.717, 1.165) is 6.42 Å². The fraction of sp³-hybridized carbons (Fsp3) is 0.222. The summed E-state index contributed by atoms with van der Waals surface area (Å²) in [5.74, 6) is 0.625. The number of carbonyl (C=O) groups excluding carboxylic acids is 2. The van der Waals surface area contributed by atoms with Crippen LogP contribution in [-0.2, 0) is 4.79 Å². The summed E-state index contributed by atoms with van der Waals surface area (Å²) in [6.07, 6.45) is 0.895. The lowest BCUT2D eigenvalue weighted by molar-refractivity contribution is -0.136. The molecular weight excluding hydrogens is 300 g/mol. The van der Waals surface area contributed by atoms with Crippen LogP contribution in [0.1, 0.15) is 29.3 Å². The maximum Gasteiger partial charge on any atom is 0.314 e. The average molecular weight is 315 g/mol. The number of esters is 1. The number of ether oxygens (including phenoxy) is 1. The molecular formula is C18H15ClO3. The zero-order valence-electron chi connectivity index (χ0n) is 12.1. The van der Waals surface area contributed by atoms with Gasteiger partial charge in [-0.1, -0.05) is 18.5 Å². The zero-order chi connectivity index (χ0) is 15.7. The Labute approximate surface area is 133 Å². The molecule has 0 amide bonds. The Balaban J connectivity index is 1.69. The SMILES string of the molecule is CC1CC1C(=O)Oc1ccc(C(=O)c2ccc(Cl)cc2)cc1. The van der Waals surface area contributed by atoms with Crippen molar-refractivity contribution in [2.24, 2.45) is 11.8 Å². The highest BCUT2D eigenvalue weighted by atomic mass is 35.5. The van der Waals surface area contributed by atoms with Crippen LogP contribution in [0.4, 0.5) is 0 Å². The minimum absolute atomic E-state index is 0.0235. The van der Waals surface area contributed by atoms with Crippen LogP contribution in [0.15, 0.2) is 48.5 Å². The average Bonchev–Trinajstić information content (AvgIpc) is 3.25. The summed E-state index contributed by atoms with van der Waals surface area (Å²) in [5.41, 5.74) is 1.11. The van der Waals surface area contributed by atoms with Crippen LogP contribution in [0, 0.1) is 11.8 Å². The fourth-order valence-electron chi connectivity index (χ4n) is 2.28. The van der Waals surface area contributed by atoms with Gasteiger partial charge in [-0.15, -0.1) is 0 Å². The van der Waals surface area contributed by atoms with Gasteiger partial charge >= 0.3 is 5.97 Å². The standard InChI is InChI=1S/C18H15ClO3/c1-11-10-16(11)18(21)22-15-8-4-13(5-9-15)17(20)12-2-6-14(19)7-3-12/h2-9,11,16H,10H2,1H3. The number of ketones is 1. The predicted molar refractivity (Wildman–Crippen MR) is 84.2 cm³/mol. The first-order chi connectivity index (χ1) is 10.5. The molecule has 1 aliphatic carbocycles. The van der Waals surface area contributed by atoms with Crippen molar-refractivity contribution in [2.45, 2.75) is 13.3 Å². The van der Waals surface area contributed by atoms with Gasteiger partial charge in [0.15, 0.2) is 5.78 Å². The second kappa shape index (κ2) is 5.93. The molecule has 2 aromatic rings. The molecule has 112 valence electrons. The zero-order valence-corrected chi connectivity index (χ0v) is 12.8. The summed E-state index contributed by atoms with van der Waals surface area (Å²) in [6.45, 7) is 2.03. The molecule has 0 N–H and O–H groups in total. The number of halogens is 1. The van der Waals surface area contributed by atoms with Gasteiger partial charge < -0.3 is 4.74 Å². The third-order valence-corrected chi connectivity index (χ3v) is 4.11. The monoisotopic (exact) mass is 314 g/mol. The molecule has 0 saturated heterocycles. The van der Waals surface area contributed by atoms with Gasteiger partial charge in [0.05, 0.1) is 5.92 Å². The third-order valence-electron chi connectivity index (χ3n) is 3.85. The van der Waals surface area contributed by atoms with E-state index < -0.39 is 0 Å². The van der Waals surface area contributed by atoms with Crippen LogP contribution in [0.2, 0.25) is 5.02 Å². The Bertz CT molecular complexity index is 704. The summed E-state index contributed by atoms with van der Waals surface area (Å²) in [5, 5.41) is 0.591. The molecule has 1 aliphatic rings. The summed E-state index contributed by atoms with van der Waals surface area (Å²) < 4.78 is 5.30. The number of benzene rings is 2. The van der Waals surface area contributed by atoms with E-state index in [1.165, 1.54) is 0 Å². The molecule has 3 nitrogen and oxygen atoms in total. The smallest absolute Gasteiger partial charge is 0.314 e. The van der Waals surface area contributed by atoms with E-state index in [1.807, 2.05) is 6.92 Å². The van der Waals surface area contributed by atoms with Crippen molar-refractivity contribution in [1.29, 1.82) is 0 Å². The van der Waals surface area contributed by atoms with E-state index in [2.05, 4.69) is 0 Å². The summed E-state index contributed by atoms with van der Waals surface area (Å²) >= 11 is 5.81. The Hall–Kier alpha value is -2.13. The highest BCUT2D eigenvalue weighted by Gasteiger charge is 2.40. The minimum Gasteiger partial charge on any atom is -0.426 e. The van der Waals surface area contributed by atoms with Crippen LogP contribution in [-0.4, -0.2) is 11.8 Å². The fourth-order valence-corrected chi connectivity index (χ4v) is 2.41. The van der Waals surface area contributed by atoms with Gasteiger partial charge in [-0.2, -0.15) is 0 Å². The molecule has 2 atom stereocenters. The van der Waals surface area contributed by atoms with Crippen molar-refractivity contribution in [1.82, 2.24) is 0 Å². The minimum atomic E-state index is -0.190. The van der Waals surface area contributed by atoms with Crippen molar-refractivity contribution in [3.05, 3.63) is 64.7 Å². The Morgan fingerprint density at radius 1 is 1.00 bits per heavy atom. The summed E-state index contributed by atoms with van der Waals surface area (Å²) in [6, 6.07) is 13.4. The van der Waals surface area contributed by atoms with Crippen LogP contribution in [0.5, 0.6) is 5.75 Å². The third kappa shape index (κ3) is 3.20. The molecule has 4 heteroatoms. The Morgan fingerprint density at radius 3 is 2.00 bits per heavy atom. The second-order valence-electron chi connectivity index (χ2n) is 5.60. The first kappa shape index (κ1) is 14.8. The van der Waals surface area contributed by atoms with Crippen LogP contribution >= 0.6 is 11.6 Å². The maximum absolute atomic E-state index is 12.3. The van der Waals surface area contributed by atoms with Crippen molar-refractivity contribution >= 4 is 23.4 Å². The van der Waals surface area contributed by atoms with Gasteiger partial charge in [0.1, 0.15) is 5.75 Å². The second-order valence-corrected chi connectivity index (χ2v) is 6.04. The largest absolute Gasteiger partial charge is 0.426 e. The van der Waals surface area contributed by atoms with E-state index in [1.54, 1.807) is 48.5 Å². The van der Waals surface area contributed by atoms with E-state index in [9.17, 15) is 9.59 Å². The molecule has 1 saturated carbocycles. The molecule has 3 rings (SSSR count). The molecule has 0 heterocycles. The lowest BCUT2D eigenvalue weighted by atomic mass is 10.0. The topological polar surface area (TPSA) is 43.4 Å². The van der Waals surface area contributed by atoms with Gasteiger partial charge in [0, 0.05) is 16.1 Å². The molecule has 0 spiro atoms. The quantitative estimate of drug-likeness (QED) is 0.484. The number of hydrogen-bond acceptors (Lipinski definition) is 3. The van der Waals surface area contributed by atoms with Gasteiger partial charge in [0.2, 0.25) is 0 Å². The van der Waals surface area contributed by atoms with E-state index in [4.69, 9.17) is 16.3 Å². The van der Waals surface area contributed by atoms with Crippen molar-refractivity contribution in [3.63, 3.8) is 0 Å². The van der Waals surface area contributed by atoms with E-state index in [-0.39, 0.29) is 17.7 Å². The Morgan fingerprint density at radius 2 is 1.50 bits per heavy atom. The van der Waals surface area contributed by atoms with Gasteiger partial charge in [0.25, 0.3) is 0 Å². The lowest BCUT2D eigenvalue weighted by Gasteiger charge is -2.05. The molecule has 0 aliphatic heterocycles. The lowest BCUT2D eigenvalue weighted by Crippen LogP contribution is -2.11. The van der Waals surface area contributed by atoms with Gasteiger partial charge in [-0.05, 0) is 60.9 Å². The first-order valence-corrected chi connectivity index (χ1v) is 7.54. The summed E-state index contributed by atoms with van der Waals surface area (Å²) in [4.78, 5) is 24.1. The molecule has 0 aromatic heterocycles. The summed E-state index contributed by atoms with van der Waals surface area (Å²) in [7, 11) is 0. The number of rotatable bonds is 4. The highest BCUT2D eigenvalue weighted by molar-refractivity contribution is 6.30. The first-order valence-electron chi connectivity index (χ1n) is 7.16. The van der Waals surface area contributed by atoms with Gasteiger partial charge in [-0.25, -0.2) is 0 Å². The van der Waals surface area contributed by atoms with Crippen molar-refractivity contribution in [2.75, 3.05) is 0 Å². The molecule has 0 radical (unpaired) electrons. The highest BCUT2D eigenvalue weighted by Crippen LogP contribution is 2.38. The molecule has 1 fully saturated rings. The van der Waals surface area contributed by atoms with E-state index >= 15 is 0 Å². The molecule has 22 heavy (non-hydrogen) atoms. The Kier molecular flexibility index (Phi) is 3.99. The number of hydrogen-bond donors (Lipinski definition) is 0. The predicted octanol–water partition coefficient (Wildman–Crippen LogP) is 4.13. The number of carbonyl (C=O) groups is 2. The van der Waals surface area contributed by atoms with Crippen LogP contribution in [0.3, 0.4) is 0 Å². The van der Waals surface area contributed by atoms with Crippen LogP contribution < -0.4 is 4.74 Å². The molecule has 2 aromatic carbocycles. The molecule has 2 unspecified atom stereocenters. The molecule has 0 bridgehead atoms. The van der Waals surface area contributed by atoms with E-state index in [0.29, 0.717) is 27.8 Å². The van der Waals surface area contributed by atoms with Crippen LogP contribution in [0.25, 0.3) is 0 Å². The normalized spacial score (nSPS) is 19.5. The van der Waals surface area contributed by atoms with Crippen molar-refractivity contribution < 1.29 is 14.3 Å². The van der Waals surface area contributed by atoms with Gasteiger partial charge in [-0.3, -0.25) is 9.59 Å². The maximum atomic E-state index is 12.3.